The summed E-state index contributed by atoms with van der Waals surface area (Å²) in [6.07, 6.45) is 0.497. The van der Waals surface area contributed by atoms with Crippen LogP contribution in [0.1, 0.15) is 33.6 Å². The van der Waals surface area contributed by atoms with Crippen molar-refractivity contribution in [3.8, 4) is 0 Å². The highest BCUT2D eigenvalue weighted by atomic mass is 16.6. The second kappa shape index (κ2) is 6.51. The molecule has 0 aliphatic carbocycles. The van der Waals surface area contributed by atoms with Crippen molar-refractivity contribution in [3.63, 3.8) is 0 Å². The summed E-state index contributed by atoms with van der Waals surface area (Å²) in [7, 11) is 0. The van der Waals surface area contributed by atoms with Crippen LogP contribution in [0.2, 0.25) is 0 Å². The summed E-state index contributed by atoms with van der Waals surface area (Å²) in [4.78, 5) is 25.3. The van der Waals surface area contributed by atoms with E-state index in [-0.39, 0.29) is 18.2 Å². The summed E-state index contributed by atoms with van der Waals surface area (Å²) in [6.45, 7) is 7.61. The summed E-state index contributed by atoms with van der Waals surface area (Å²) in [5.41, 5.74) is -0.510. The number of alkyl carbamates (subject to hydrolysis) is 1. The van der Waals surface area contributed by atoms with E-state index in [0.29, 0.717) is 32.7 Å². The third-order valence-corrected chi connectivity index (χ3v) is 3.32. The van der Waals surface area contributed by atoms with Crippen LogP contribution in [0.3, 0.4) is 0 Å². The molecule has 2 amide bonds. The highest BCUT2D eigenvalue weighted by Crippen LogP contribution is 2.16. The molecule has 2 rings (SSSR count). The molecule has 0 aromatic carbocycles. The van der Waals surface area contributed by atoms with Gasteiger partial charge in [0.05, 0.1) is 19.3 Å². The van der Waals surface area contributed by atoms with Gasteiger partial charge in [0.15, 0.2) is 0 Å². The Kier molecular flexibility index (Phi) is 4.92. The summed E-state index contributed by atoms with van der Waals surface area (Å²) >= 11 is 0. The van der Waals surface area contributed by atoms with Crippen molar-refractivity contribution >= 4 is 12.2 Å². The molecule has 2 atom stereocenters. The first kappa shape index (κ1) is 15.9. The predicted molar refractivity (Wildman–Crippen MR) is 75.1 cm³/mol. The van der Waals surface area contributed by atoms with Gasteiger partial charge in [-0.1, -0.05) is 0 Å². The molecule has 0 saturated carbocycles. The number of likely N-dealkylation sites (tertiary alicyclic amines) is 1. The van der Waals surface area contributed by atoms with Gasteiger partial charge < -0.3 is 24.4 Å². The fourth-order valence-corrected chi connectivity index (χ4v) is 2.33. The Morgan fingerprint density at radius 3 is 2.67 bits per heavy atom. The van der Waals surface area contributed by atoms with E-state index in [1.807, 2.05) is 20.8 Å². The number of nitrogens with zero attached hydrogens (tertiary/aromatic N) is 1. The summed E-state index contributed by atoms with van der Waals surface area (Å²) < 4.78 is 15.7. The van der Waals surface area contributed by atoms with E-state index in [1.54, 1.807) is 4.90 Å². The Bertz CT molecular complexity index is 387. The molecule has 2 saturated heterocycles. The smallest absolute Gasteiger partial charge is 0.410 e. The van der Waals surface area contributed by atoms with Gasteiger partial charge in [0.25, 0.3) is 0 Å². The van der Waals surface area contributed by atoms with Crippen molar-refractivity contribution in [2.24, 2.45) is 0 Å². The molecule has 2 fully saturated rings. The molecule has 120 valence electrons. The third kappa shape index (κ3) is 5.08. The zero-order chi connectivity index (χ0) is 15.5. The molecule has 0 radical (unpaired) electrons. The highest BCUT2D eigenvalue weighted by Gasteiger charge is 2.31. The second-order valence-corrected chi connectivity index (χ2v) is 6.45. The van der Waals surface area contributed by atoms with Crippen molar-refractivity contribution in [3.05, 3.63) is 0 Å². The predicted octanol–water partition coefficient (Wildman–Crippen LogP) is 1.51. The molecule has 0 aromatic rings. The van der Waals surface area contributed by atoms with Crippen molar-refractivity contribution in [1.82, 2.24) is 10.2 Å². The zero-order valence-electron chi connectivity index (χ0n) is 12.9. The number of amides is 2. The third-order valence-electron chi connectivity index (χ3n) is 3.32. The number of rotatable bonds is 2. The molecule has 0 aromatic heterocycles. The molecule has 2 heterocycles. The van der Waals surface area contributed by atoms with E-state index in [1.165, 1.54) is 0 Å². The first-order valence-corrected chi connectivity index (χ1v) is 7.36. The largest absolute Gasteiger partial charge is 0.444 e. The highest BCUT2D eigenvalue weighted by molar-refractivity contribution is 5.70. The number of hydrogen-bond donors (Lipinski definition) is 1. The fraction of sp³-hybridized carbons (Fsp3) is 0.857. The van der Waals surface area contributed by atoms with Crippen LogP contribution < -0.4 is 5.32 Å². The Morgan fingerprint density at radius 1 is 1.29 bits per heavy atom. The Balaban J connectivity index is 1.72. The molecular weight excluding hydrogens is 276 g/mol. The molecule has 2 aliphatic heterocycles. The Labute approximate surface area is 124 Å². The van der Waals surface area contributed by atoms with Crippen LogP contribution in [0.15, 0.2) is 0 Å². The normalized spacial score (nSPS) is 25.8. The summed E-state index contributed by atoms with van der Waals surface area (Å²) in [5.74, 6) is 0. The quantitative estimate of drug-likeness (QED) is 0.836. The molecule has 0 spiro atoms. The van der Waals surface area contributed by atoms with Gasteiger partial charge in [0.2, 0.25) is 0 Å². The number of ether oxygens (including phenoxy) is 3. The van der Waals surface area contributed by atoms with Crippen LogP contribution in [0.5, 0.6) is 0 Å². The summed E-state index contributed by atoms with van der Waals surface area (Å²) in [6, 6.07) is -0.0904. The minimum atomic E-state index is -0.510. The number of carbonyl (C=O) groups excluding carboxylic acids is 2. The average Bonchev–Trinajstić information content (AvgIpc) is 2.98. The van der Waals surface area contributed by atoms with Gasteiger partial charge in [-0.3, -0.25) is 0 Å². The molecule has 7 nitrogen and oxygen atoms in total. The minimum absolute atomic E-state index is 0.0904. The Morgan fingerprint density at radius 2 is 2.05 bits per heavy atom. The van der Waals surface area contributed by atoms with Crippen molar-refractivity contribution < 1.29 is 23.8 Å². The van der Waals surface area contributed by atoms with E-state index in [0.717, 1.165) is 6.42 Å². The van der Waals surface area contributed by atoms with Gasteiger partial charge in [0, 0.05) is 19.5 Å². The van der Waals surface area contributed by atoms with Crippen molar-refractivity contribution in [2.75, 3.05) is 26.3 Å². The maximum atomic E-state index is 11.9. The van der Waals surface area contributed by atoms with Crippen LogP contribution in [-0.4, -0.2) is 61.1 Å². The van der Waals surface area contributed by atoms with Gasteiger partial charge in [-0.15, -0.1) is 0 Å². The maximum Gasteiger partial charge on any atom is 0.410 e. The van der Waals surface area contributed by atoms with E-state index in [2.05, 4.69) is 5.32 Å². The van der Waals surface area contributed by atoms with Crippen molar-refractivity contribution in [2.45, 2.75) is 51.4 Å². The number of hydrogen-bond acceptors (Lipinski definition) is 5. The summed E-state index contributed by atoms with van der Waals surface area (Å²) in [5, 5.41) is 2.79. The topological polar surface area (TPSA) is 77.1 Å². The lowest BCUT2D eigenvalue weighted by atomic mass is 10.2. The Hall–Kier alpha value is -1.50. The van der Waals surface area contributed by atoms with Gasteiger partial charge in [-0.05, 0) is 27.2 Å². The van der Waals surface area contributed by atoms with E-state index in [9.17, 15) is 9.59 Å². The first-order valence-electron chi connectivity index (χ1n) is 7.36. The minimum Gasteiger partial charge on any atom is -0.444 e. The van der Waals surface area contributed by atoms with Gasteiger partial charge in [-0.2, -0.15) is 0 Å². The molecule has 0 bridgehead atoms. The van der Waals surface area contributed by atoms with Crippen LogP contribution in [-0.2, 0) is 14.2 Å². The molecule has 2 aliphatic rings. The lowest BCUT2D eigenvalue weighted by molar-refractivity contribution is 0.0288. The molecule has 21 heavy (non-hydrogen) atoms. The fourth-order valence-electron chi connectivity index (χ4n) is 2.33. The van der Waals surface area contributed by atoms with Crippen LogP contribution >= 0.6 is 0 Å². The molecule has 0 unspecified atom stereocenters. The second-order valence-electron chi connectivity index (χ2n) is 6.45. The van der Waals surface area contributed by atoms with Gasteiger partial charge in [-0.25, -0.2) is 9.59 Å². The van der Waals surface area contributed by atoms with Gasteiger partial charge >= 0.3 is 12.2 Å². The van der Waals surface area contributed by atoms with E-state index in [4.69, 9.17) is 14.2 Å². The zero-order valence-corrected chi connectivity index (χ0v) is 12.9. The maximum absolute atomic E-state index is 11.9. The lowest BCUT2D eigenvalue weighted by Crippen LogP contribution is -2.41. The molecule has 7 heteroatoms. The number of nitrogens with one attached hydrogen (secondary N) is 1. The van der Waals surface area contributed by atoms with E-state index >= 15 is 0 Å². The average molecular weight is 300 g/mol. The standard InChI is InChI=1S/C14H24N2O5/c1-14(2,3)21-13(18)16-6-4-10(8-16)15-12(17)20-11-5-7-19-9-11/h10-11H,4-9H2,1-3H3,(H,15,17)/t10-,11+/m1/s1. The lowest BCUT2D eigenvalue weighted by Gasteiger charge is -2.24. The molecule has 1 N–H and O–H groups in total. The monoisotopic (exact) mass is 300 g/mol. The SMILES string of the molecule is CC(C)(C)OC(=O)N1CC[C@@H](NC(=O)O[C@H]2CCOC2)C1. The first-order chi connectivity index (χ1) is 9.83. The van der Waals surface area contributed by atoms with Crippen LogP contribution in [0, 0.1) is 0 Å². The number of carbonyl (C=O) groups is 2. The van der Waals surface area contributed by atoms with Crippen LogP contribution in [0.25, 0.3) is 0 Å². The van der Waals surface area contributed by atoms with Crippen LogP contribution in [0.4, 0.5) is 9.59 Å². The van der Waals surface area contributed by atoms with Crippen molar-refractivity contribution in [1.29, 1.82) is 0 Å². The molecular formula is C14H24N2O5. The van der Waals surface area contributed by atoms with E-state index < -0.39 is 11.7 Å². The van der Waals surface area contributed by atoms with Gasteiger partial charge in [0.1, 0.15) is 11.7 Å².